The molecule has 3 aromatic rings. The molecule has 0 aliphatic carbocycles. The van der Waals surface area contributed by atoms with E-state index in [-0.39, 0.29) is 38.0 Å². The molecule has 4 rings (SSSR count). The smallest absolute Gasteiger partial charge is 0.249 e. The van der Waals surface area contributed by atoms with E-state index in [9.17, 15) is 14.7 Å². The number of morpholine rings is 1. The summed E-state index contributed by atoms with van der Waals surface area (Å²) in [6, 6.07) is 14.1. The number of hydrogen-bond acceptors (Lipinski definition) is 6. The Kier molecular flexibility index (Phi) is 7.24. The molecule has 2 N–H and O–H groups in total. The maximum absolute atomic E-state index is 12.5. The molecule has 1 fully saturated rings. The van der Waals surface area contributed by atoms with E-state index in [0.29, 0.717) is 5.69 Å². The lowest BCUT2D eigenvalue weighted by Gasteiger charge is -2.40. The van der Waals surface area contributed by atoms with Crippen LogP contribution in [0.1, 0.15) is 23.1 Å². The summed E-state index contributed by atoms with van der Waals surface area (Å²) < 4.78 is 12.8. The quantitative estimate of drug-likeness (QED) is 0.529. The van der Waals surface area contributed by atoms with Crippen molar-refractivity contribution >= 4 is 17.5 Å². The third-order valence-corrected chi connectivity index (χ3v) is 5.92. The van der Waals surface area contributed by atoms with Gasteiger partial charge in [0.05, 0.1) is 32.7 Å². The van der Waals surface area contributed by atoms with Crippen molar-refractivity contribution in [3.8, 4) is 5.75 Å². The van der Waals surface area contributed by atoms with Gasteiger partial charge in [-0.05, 0) is 35.4 Å². The monoisotopic (exact) mass is 464 g/mol. The molecule has 0 bridgehead atoms. The van der Waals surface area contributed by atoms with E-state index < -0.39 is 12.1 Å². The molecular formula is C25H28N4O5. The fourth-order valence-corrected chi connectivity index (χ4v) is 4.01. The van der Waals surface area contributed by atoms with Gasteiger partial charge in [0.25, 0.3) is 0 Å². The average Bonchev–Trinajstić information content (AvgIpc) is 3.25. The predicted molar refractivity (Wildman–Crippen MR) is 125 cm³/mol. The molecule has 2 unspecified atom stereocenters. The lowest BCUT2D eigenvalue weighted by atomic mass is 9.99. The summed E-state index contributed by atoms with van der Waals surface area (Å²) in [5.74, 6) is 1.14. The first-order valence-electron chi connectivity index (χ1n) is 11.0. The van der Waals surface area contributed by atoms with Gasteiger partial charge in [0.2, 0.25) is 11.8 Å². The second kappa shape index (κ2) is 10.5. The van der Waals surface area contributed by atoms with Gasteiger partial charge in [-0.2, -0.15) is 0 Å². The second-order valence-electron chi connectivity index (χ2n) is 8.15. The minimum absolute atomic E-state index is 0.0774. The normalized spacial score (nSPS) is 18.1. The van der Waals surface area contributed by atoms with E-state index in [1.54, 1.807) is 30.3 Å². The van der Waals surface area contributed by atoms with Crippen LogP contribution < -0.4 is 10.1 Å². The van der Waals surface area contributed by atoms with Gasteiger partial charge in [-0.15, -0.1) is 0 Å². The molecule has 0 saturated carbocycles. The molecule has 9 heteroatoms. The van der Waals surface area contributed by atoms with Gasteiger partial charge in [0.15, 0.2) is 0 Å². The van der Waals surface area contributed by atoms with E-state index in [1.807, 2.05) is 54.2 Å². The number of methoxy groups -OCH3 is 1. The summed E-state index contributed by atoms with van der Waals surface area (Å²) in [5, 5.41) is 13.0. The number of ether oxygens (including phenoxy) is 2. The van der Waals surface area contributed by atoms with Crippen molar-refractivity contribution in [1.29, 1.82) is 0 Å². The highest BCUT2D eigenvalue weighted by Gasteiger charge is 2.37. The molecule has 1 saturated heterocycles. The number of carbonyl (C=O) groups excluding carboxylic acids is 2. The Morgan fingerprint density at radius 1 is 1.21 bits per heavy atom. The summed E-state index contributed by atoms with van der Waals surface area (Å²) >= 11 is 0. The SMILES string of the molecule is COc1ccc(CC(=O)Nc2ccc(C3OCC(=O)N(Cc4nccn4C)C3CO)cc2)cc1. The van der Waals surface area contributed by atoms with Crippen molar-refractivity contribution in [3.05, 3.63) is 77.9 Å². The number of rotatable bonds is 8. The molecule has 178 valence electrons. The van der Waals surface area contributed by atoms with Crippen LogP contribution in [0.15, 0.2) is 60.9 Å². The zero-order chi connectivity index (χ0) is 24.1. The standard InChI is InChI=1S/C25H28N4O5/c1-28-12-11-26-22(28)14-29-21(15-30)25(34-16-24(29)32)18-5-7-19(8-6-18)27-23(31)13-17-3-9-20(33-2)10-4-17/h3-12,21,25,30H,13-16H2,1-2H3,(H,27,31). The molecule has 2 heterocycles. The maximum atomic E-state index is 12.5. The fraction of sp³-hybridized carbons (Fsp3) is 0.320. The van der Waals surface area contributed by atoms with Gasteiger partial charge in [0, 0.05) is 25.1 Å². The molecule has 34 heavy (non-hydrogen) atoms. The van der Waals surface area contributed by atoms with Crippen molar-refractivity contribution < 1.29 is 24.2 Å². The Morgan fingerprint density at radius 2 is 1.94 bits per heavy atom. The summed E-state index contributed by atoms with van der Waals surface area (Å²) in [5.41, 5.74) is 2.35. The number of aromatic nitrogens is 2. The minimum atomic E-state index is -0.548. The number of hydrogen-bond donors (Lipinski definition) is 2. The first-order valence-corrected chi connectivity index (χ1v) is 11.0. The van der Waals surface area contributed by atoms with E-state index in [2.05, 4.69) is 10.3 Å². The van der Waals surface area contributed by atoms with Crippen LogP contribution in [0.2, 0.25) is 0 Å². The molecule has 0 radical (unpaired) electrons. The van der Waals surface area contributed by atoms with Crippen LogP contribution in [0.5, 0.6) is 5.75 Å². The molecular weight excluding hydrogens is 436 g/mol. The van der Waals surface area contributed by atoms with Crippen LogP contribution in [-0.4, -0.2) is 57.7 Å². The number of nitrogens with zero attached hydrogens (tertiary/aromatic N) is 3. The Balaban J connectivity index is 1.41. The first-order chi connectivity index (χ1) is 16.5. The molecule has 1 aromatic heterocycles. The Morgan fingerprint density at radius 3 is 2.56 bits per heavy atom. The van der Waals surface area contributed by atoms with Crippen molar-refractivity contribution in [2.24, 2.45) is 7.05 Å². The van der Waals surface area contributed by atoms with Crippen molar-refractivity contribution in [2.45, 2.75) is 25.1 Å². The second-order valence-corrected chi connectivity index (χ2v) is 8.15. The van der Waals surface area contributed by atoms with E-state index in [0.717, 1.165) is 22.7 Å². The largest absolute Gasteiger partial charge is 0.497 e. The Labute approximate surface area is 197 Å². The van der Waals surface area contributed by atoms with Gasteiger partial charge in [-0.25, -0.2) is 4.98 Å². The molecule has 9 nitrogen and oxygen atoms in total. The highest BCUT2D eigenvalue weighted by atomic mass is 16.5. The first kappa shape index (κ1) is 23.5. The highest BCUT2D eigenvalue weighted by molar-refractivity contribution is 5.92. The van der Waals surface area contributed by atoms with E-state index >= 15 is 0 Å². The van der Waals surface area contributed by atoms with Crippen molar-refractivity contribution in [3.63, 3.8) is 0 Å². The number of nitrogens with one attached hydrogen (secondary N) is 1. The van der Waals surface area contributed by atoms with Crippen LogP contribution in [0.25, 0.3) is 0 Å². The van der Waals surface area contributed by atoms with Crippen molar-refractivity contribution in [1.82, 2.24) is 14.5 Å². The number of anilines is 1. The van der Waals surface area contributed by atoms with Gasteiger partial charge in [0.1, 0.15) is 24.3 Å². The summed E-state index contributed by atoms with van der Waals surface area (Å²) in [4.78, 5) is 30.9. The number of carbonyl (C=O) groups is 2. The number of aryl methyl sites for hydroxylation is 1. The lowest BCUT2D eigenvalue weighted by molar-refractivity contribution is -0.162. The van der Waals surface area contributed by atoms with Gasteiger partial charge >= 0.3 is 0 Å². The fourth-order valence-electron chi connectivity index (χ4n) is 4.01. The number of aliphatic hydroxyl groups excluding tert-OH is 1. The molecule has 1 aliphatic heterocycles. The predicted octanol–water partition coefficient (Wildman–Crippen LogP) is 2.07. The number of aliphatic hydroxyl groups is 1. The number of benzene rings is 2. The Hall–Kier alpha value is -3.69. The molecule has 2 amide bonds. The zero-order valence-corrected chi connectivity index (χ0v) is 19.2. The zero-order valence-electron chi connectivity index (χ0n) is 19.2. The number of imidazole rings is 1. The van der Waals surface area contributed by atoms with E-state index in [1.165, 1.54) is 0 Å². The van der Waals surface area contributed by atoms with Crippen LogP contribution >= 0.6 is 0 Å². The maximum Gasteiger partial charge on any atom is 0.249 e. The van der Waals surface area contributed by atoms with Gasteiger partial charge in [-0.3, -0.25) is 9.59 Å². The minimum Gasteiger partial charge on any atom is -0.497 e. The highest BCUT2D eigenvalue weighted by Crippen LogP contribution is 2.30. The van der Waals surface area contributed by atoms with Gasteiger partial charge < -0.3 is 29.4 Å². The molecule has 2 aromatic carbocycles. The van der Waals surface area contributed by atoms with Crippen LogP contribution in [0.4, 0.5) is 5.69 Å². The topological polar surface area (TPSA) is 106 Å². The van der Waals surface area contributed by atoms with E-state index in [4.69, 9.17) is 9.47 Å². The Bertz CT molecular complexity index is 1130. The molecule has 1 aliphatic rings. The van der Waals surface area contributed by atoms with Crippen molar-refractivity contribution in [2.75, 3.05) is 25.6 Å². The average molecular weight is 465 g/mol. The van der Waals surface area contributed by atoms with Crippen LogP contribution in [-0.2, 0) is 34.3 Å². The summed E-state index contributed by atoms with van der Waals surface area (Å²) in [6.45, 7) is -0.0416. The molecule has 0 spiro atoms. The number of amides is 2. The third-order valence-electron chi connectivity index (χ3n) is 5.92. The lowest BCUT2D eigenvalue weighted by Crippen LogP contribution is -2.52. The third kappa shape index (κ3) is 5.27. The van der Waals surface area contributed by atoms with Crippen LogP contribution in [0.3, 0.4) is 0 Å². The summed E-state index contributed by atoms with van der Waals surface area (Å²) in [7, 11) is 3.46. The van der Waals surface area contributed by atoms with Crippen LogP contribution in [0, 0.1) is 0 Å². The summed E-state index contributed by atoms with van der Waals surface area (Å²) in [6.07, 6.45) is 3.24. The van der Waals surface area contributed by atoms with Gasteiger partial charge in [-0.1, -0.05) is 24.3 Å². The molecule has 2 atom stereocenters.